The standard InChI is InChI=1S/C29H35N3O6S/c1-6-30-29(34)22(3)31(19-23-13-15-24(37-4)16-14-23)28(33)20-32(26-9-7-8-10-27(26)38-5)39(35,36)25-17-11-21(2)12-18-25/h7-18,22H,6,19-20H2,1-5H3,(H,30,34)/t22-/m1/s1. The van der Waals surface area contributed by atoms with Crippen molar-refractivity contribution in [1.29, 1.82) is 0 Å². The lowest BCUT2D eigenvalue weighted by Crippen LogP contribution is -2.51. The van der Waals surface area contributed by atoms with E-state index >= 15 is 0 Å². The Morgan fingerprint density at radius 3 is 2.15 bits per heavy atom. The molecule has 3 aromatic rings. The summed E-state index contributed by atoms with van der Waals surface area (Å²) in [6.07, 6.45) is 0. The zero-order chi connectivity index (χ0) is 28.6. The molecule has 3 rings (SSSR count). The average molecular weight is 554 g/mol. The number of carbonyl (C=O) groups is 2. The lowest BCUT2D eigenvalue weighted by molar-refractivity contribution is -0.139. The van der Waals surface area contributed by atoms with Crippen LogP contribution in [0.1, 0.15) is 25.0 Å². The van der Waals surface area contributed by atoms with Gasteiger partial charge in [0.15, 0.2) is 0 Å². The number of sulfonamides is 1. The molecule has 0 saturated carbocycles. The van der Waals surface area contributed by atoms with E-state index in [9.17, 15) is 18.0 Å². The zero-order valence-electron chi connectivity index (χ0n) is 22.9. The van der Waals surface area contributed by atoms with E-state index in [1.165, 1.54) is 24.1 Å². The Balaban J connectivity index is 2.05. The minimum Gasteiger partial charge on any atom is -0.497 e. The number of para-hydroxylation sites is 2. The van der Waals surface area contributed by atoms with Gasteiger partial charge in [-0.05, 0) is 62.7 Å². The number of benzene rings is 3. The van der Waals surface area contributed by atoms with E-state index < -0.39 is 28.5 Å². The van der Waals surface area contributed by atoms with Gasteiger partial charge < -0.3 is 19.7 Å². The normalized spacial score (nSPS) is 11.8. The molecule has 0 aromatic heterocycles. The highest BCUT2D eigenvalue weighted by atomic mass is 32.2. The van der Waals surface area contributed by atoms with Crippen LogP contribution < -0.4 is 19.1 Å². The van der Waals surface area contributed by atoms with Gasteiger partial charge in [0.1, 0.15) is 24.1 Å². The molecule has 3 aromatic carbocycles. The summed E-state index contributed by atoms with van der Waals surface area (Å²) in [4.78, 5) is 28.1. The zero-order valence-corrected chi connectivity index (χ0v) is 23.7. The Labute approximate surface area is 230 Å². The van der Waals surface area contributed by atoms with Gasteiger partial charge in [0.2, 0.25) is 11.8 Å². The molecule has 0 spiro atoms. The molecule has 1 N–H and O–H groups in total. The molecule has 208 valence electrons. The van der Waals surface area contributed by atoms with Crippen LogP contribution in [0, 0.1) is 6.92 Å². The first kappa shape index (κ1) is 29.5. The van der Waals surface area contributed by atoms with Crippen LogP contribution in [0.3, 0.4) is 0 Å². The molecule has 10 heteroatoms. The fraction of sp³-hybridized carbons (Fsp3) is 0.310. The number of likely N-dealkylation sites (N-methyl/N-ethyl adjacent to an activating group) is 1. The van der Waals surface area contributed by atoms with Gasteiger partial charge >= 0.3 is 0 Å². The van der Waals surface area contributed by atoms with Crippen molar-refractivity contribution in [1.82, 2.24) is 10.2 Å². The second-order valence-corrected chi connectivity index (χ2v) is 10.8. The fourth-order valence-corrected chi connectivity index (χ4v) is 5.44. The Kier molecular flexibility index (Phi) is 9.95. The number of methoxy groups -OCH3 is 2. The van der Waals surface area contributed by atoms with Crippen molar-refractivity contribution in [3.63, 3.8) is 0 Å². The number of nitrogens with one attached hydrogen (secondary N) is 1. The van der Waals surface area contributed by atoms with E-state index in [2.05, 4.69) is 5.32 Å². The van der Waals surface area contributed by atoms with E-state index in [0.717, 1.165) is 15.4 Å². The highest BCUT2D eigenvalue weighted by molar-refractivity contribution is 7.92. The van der Waals surface area contributed by atoms with Gasteiger partial charge in [0.05, 0.1) is 24.8 Å². The van der Waals surface area contributed by atoms with Gasteiger partial charge in [-0.1, -0.05) is 42.0 Å². The SMILES string of the molecule is CCNC(=O)[C@@H](C)N(Cc1ccc(OC)cc1)C(=O)CN(c1ccccc1OC)S(=O)(=O)c1ccc(C)cc1. The van der Waals surface area contributed by atoms with E-state index in [4.69, 9.17) is 9.47 Å². The third kappa shape index (κ3) is 7.08. The van der Waals surface area contributed by atoms with Gasteiger partial charge in [-0.2, -0.15) is 0 Å². The number of nitrogens with zero attached hydrogens (tertiary/aromatic N) is 2. The van der Waals surface area contributed by atoms with E-state index in [1.54, 1.807) is 81.6 Å². The van der Waals surface area contributed by atoms with Crippen LogP contribution in [-0.2, 0) is 26.2 Å². The summed E-state index contributed by atoms with van der Waals surface area (Å²) in [7, 11) is -1.19. The third-order valence-electron chi connectivity index (χ3n) is 6.27. The summed E-state index contributed by atoms with van der Waals surface area (Å²) >= 11 is 0. The highest BCUT2D eigenvalue weighted by Crippen LogP contribution is 2.32. The minimum atomic E-state index is -4.18. The molecule has 0 saturated heterocycles. The van der Waals surface area contributed by atoms with Crippen LogP contribution in [-0.4, -0.2) is 58.5 Å². The van der Waals surface area contributed by atoms with Crippen LogP contribution >= 0.6 is 0 Å². The van der Waals surface area contributed by atoms with Crippen LogP contribution in [0.25, 0.3) is 0 Å². The smallest absolute Gasteiger partial charge is 0.264 e. The number of hydrogen-bond acceptors (Lipinski definition) is 6. The van der Waals surface area contributed by atoms with Crippen molar-refractivity contribution in [2.75, 3.05) is 31.6 Å². The predicted molar refractivity (Wildman–Crippen MR) is 150 cm³/mol. The number of anilines is 1. The molecule has 0 aliphatic rings. The molecule has 39 heavy (non-hydrogen) atoms. The topological polar surface area (TPSA) is 105 Å². The fourth-order valence-electron chi connectivity index (χ4n) is 4.02. The number of amides is 2. The van der Waals surface area contributed by atoms with E-state index in [-0.39, 0.29) is 23.0 Å². The predicted octanol–water partition coefficient (Wildman–Crippen LogP) is 3.76. The number of hydrogen-bond donors (Lipinski definition) is 1. The largest absolute Gasteiger partial charge is 0.497 e. The monoisotopic (exact) mass is 553 g/mol. The van der Waals surface area contributed by atoms with Gasteiger partial charge in [-0.3, -0.25) is 13.9 Å². The number of carbonyl (C=O) groups excluding carboxylic acids is 2. The van der Waals surface area contributed by atoms with Crippen molar-refractivity contribution < 1.29 is 27.5 Å². The summed E-state index contributed by atoms with van der Waals surface area (Å²) in [6, 6.07) is 19.3. The number of rotatable bonds is 12. The summed E-state index contributed by atoms with van der Waals surface area (Å²) in [6.45, 7) is 5.20. The molecular weight excluding hydrogens is 518 g/mol. The first-order chi connectivity index (χ1) is 18.6. The number of ether oxygens (including phenoxy) is 2. The van der Waals surface area contributed by atoms with Crippen LogP contribution in [0.5, 0.6) is 11.5 Å². The molecule has 0 fully saturated rings. The first-order valence-electron chi connectivity index (χ1n) is 12.5. The average Bonchev–Trinajstić information content (AvgIpc) is 2.94. The molecule has 0 radical (unpaired) electrons. The van der Waals surface area contributed by atoms with Crippen molar-refractivity contribution in [2.24, 2.45) is 0 Å². The van der Waals surface area contributed by atoms with Crippen LogP contribution in [0.2, 0.25) is 0 Å². The lowest BCUT2D eigenvalue weighted by Gasteiger charge is -2.32. The van der Waals surface area contributed by atoms with Crippen LogP contribution in [0.4, 0.5) is 5.69 Å². The second-order valence-electron chi connectivity index (χ2n) is 8.94. The summed E-state index contributed by atoms with van der Waals surface area (Å²) < 4.78 is 39.5. The number of aryl methyl sites for hydroxylation is 1. The molecule has 0 bridgehead atoms. The van der Waals surface area contributed by atoms with Crippen molar-refractivity contribution in [2.45, 2.75) is 38.3 Å². The van der Waals surface area contributed by atoms with Gasteiger partial charge in [0.25, 0.3) is 10.0 Å². The second kappa shape index (κ2) is 13.1. The molecule has 0 heterocycles. The molecule has 0 unspecified atom stereocenters. The summed E-state index contributed by atoms with van der Waals surface area (Å²) in [5.41, 5.74) is 1.87. The minimum absolute atomic E-state index is 0.0327. The van der Waals surface area contributed by atoms with Gasteiger partial charge in [-0.25, -0.2) is 8.42 Å². The Morgan fingerprint density at radius 1 is 0.923 bits per heavy atom. The Hall–Kier alpha value is -4.05. The third-order valence-corrected chi connectivity index (χ3v) is 8.05. The molecule has 9 nitrogen and oxygen atoms in total. The van der Waals surface area contributed by atoms with E-state index in [1.807, 2.05) is 6.92 Å². The Morgan fingerprint density at radius 2 is 1.56 bits per heavy atom. The van der Waals surface area contributed by atoms with Gasteiger partial charge in [-0.15, -0.1) is 0 Å². The highest BCUT2D eigenvalue weighted by Gasteiger charge is 2.33. The Bertz CT molecular complexity index is 1370. The van der Waals surface area contributed by atoms with Gasteiger partial charge in [0, 0.05) is 13.1 Å². The quantitative estimate of drug-likeness (QED) is 0.366. The summed E-state index contributed by atoms with van der Waals surface area (Å²) in [5, 5.41) is 2.74. The molecule has 0 aliphatic carbocycles. The summed E-state index contributed by atoms with van der Waals surface area (Å²) in [5.74, 6) is 0.0511. The lowest BCUT2D eigenvalue weighted by atomic mass is 10.1. The van der Waals surface area contributed by atoms with Crippen molar-refractivity contribution >= 4 is 27.5 Å². The van der Waals surface area contributed by atoms with Crippen molar-refractivity contribution in [3.8, 4) is 11.5 Å². The maximum atomic E-state index is 13.9. The van der Waals surface area contributed by atoms with Crippen molar-refractivity contribution in [3.05, 3.63) is 83.9 Å². The molecule has 0 aliphatic heterocycles. The maximum absolute atomic E-state index is 13.9. The van der Waals surface area contributed by atoms with E-state index in [0.29, 0.717) is 18.0 Å². The first-order valence-corrected chi connectivity index (χ1v) is 14.0. The maximum Gasteiger partial charge on any atom is 0.264 e. The molecular formula is C29H35N3O6S. The van der Waals surface area contributed by atoms with Crippen LogP contribution in [0.15, 0.2) is 77.7 Å². The molecule has 2 amide bonds. The molecule has 1 atom stereocenters.